The van der Waals surface area contributed by atoms with Gasteiger partial charge in [-0.1, -0.05) is 38.1 Å². The highest BCUT2D eigenvalue weighted by Crippen LogP contribution is 2.53. The normalized spacial score (nSPS) is 29.1. The third-order valence-electron chi connectivity index (χ3n) is 6.49. The van der Waals surface area contributed by atoms with Gasteiger partial charge in [0.15, 0.2) is 0 Å². The highest BCUT2D eigenvalue weighted by molar-refractivity contribution is 7.09. The van der Waals surface area contributed by atoms with E-state index in [1.54, 1.807) is 23.0 Å². The summed E-state index contributed by atoms with van der Waals surface area (Å²) in [5.41, 5.74) is 1.38. The number of anilines is 1. The Labute approximate surface area is 180 Å². The van der Waals surface area contributed by atoms with Gasteiger partial charge < -0.3 is 14.5 Å². The number of carbonyl (C=O) groups is 2. The van der Waals surface area contributed by atoms with Gasteiger partial charge in [-0.15, -0.1) is 11.3 Å². The topological polar surface area (TPSA) is 62.7 Å². The molecule has 0 radical (unpaired) electrons. The summed E-state index contributed by atoms with van der Waals surface area (Å²) in [6, 6.07) is 8.12. The number of nitrogens with zero attached hydrogens (tertiary/aromatic N) is 3. The summed E-state index contributed by atoms with van der Waals surface area (Å²) in [6.07, 6.45) is 5.35. The van der Waals surface area contributed by atoms with Gasteiger partial charge in [-0.3, -0.25) is 9.59 Å². The molecule has 2 bridgehead atoms. The Kier molecular flexibility index (Phi) is 4.56. The first-order valence-electron chi connectivity index (χ1n) is 10.3. The molecule has 3 aliphatic heterocycles. The predicted molar refractivity (Wildman–Crippen MR) is 115 cm³/mol. The van der Waals surface area contributed by atoms with E-state index < -0.39 is 17.4 Å². The van der Waals surface area contributed by atoms with Crippen molar-refractivity contribution in [3.63, 3.8) is 0 Å². The second-order valence-electron chi connectivity index (χ2n) is 8.69. The summed E-state index contributed by atoms with van der Waals surface area (Å²) in [4.78, 5) is 34.5. The van der Waals surface area contributed by atoms with Gasteiger partial charge in [-0.2, -0.15) is 0 Å². The lowest BCUT2D eigenvalue weighted by Crippen LogP contribution is -2.44. The first-order valence-corrected chi connectivity index (χ1v) is 11.2. The minimum Gasteiger partial charge on any atom is -0.360 e. The molecule has 4 atom stereocenters. The van der Waals surface area contributed by atoms with E-state index in [1.165, 1.54) is 16.9 Å². The van der Waals surface area contributed by atoms with E-state index in [9.17, 15) is 9.59 Å². The Hall–Kier alpha value is -2.51. The van der Waals surface area contributed by atoms with Crippen LogP contribution in [0.4, 0.5) is 5.69 Å². The van der Waals surface area contributed by atoms with E-state index in [4.69, 9.17) is 4.74 Å². The van der Waals surface area contributed by atoms with Gasteiger partial charge in [0.25, 0.3) is 0 Å². The molecule has 2 unspecified atom stereocenters. The summed E-state index contributed by atoms with van der Waals surface area (Å²) in [5.74, 6) is -0.628. The minimum atomic E-state index is -0.708. The van der Waals surface area contributed by atoms with E-state index in [0.717, 1.165) is 10.7 Å². The van der Waals surface area contributed by atoms with E-state index >= 15 is 0 Å². The number of hydrogen-bond donors (Lipinski definition) is 0. The molecule has 5 rings (SSSR count). The van der Waals surface area contributed by atoms with Crippen LogP contribution in [0.1, 0.15) is 30.3 Å². The zero-order valence-electron chi connectivity index (χ0n) is 17.3. The fourth-order valence-corrected chi connectivity index (χ4v) is 5.57. The number of hydrogen-bond acceptors (Lipinski definition) is 5. The molecule has 1 spiro atoms. The van der Waals surface area contributed by atoms with Gasteiger partial charge in [0.2, 0.25) is 11.8 Å². The molecule has 2 fully saturated rings. The van der Waals surface area contributed by atoms with Crippen molar-refractivity contribution in [3.05, 3.63) is 58.6 Å². The first kappa shape index (κ1) is 19.5. The van der Waals surface area contributed by atoms with Crippen molar-refractivity contribution in [1.29, 1.82) is 0 Å². The summed E-state index contributed by atoms with van der Waals surface area (Å²) in [6.45, 7) is 5.19. The lowest BCUT2D eigenvalue weighted by Gasteiger charge is -2.27. The van der Waals surface area contributed by atoms with Crippen LogP contribution in [0.3, 0.4) is 0 Å². The van der Waals surface area contributed by atoms with Gasteiger partial charge in [0.1, 0.15) is 10.6 Å². The molecule has 2 amide bonds. The molecule has 156 valence electrons. The zero-order chi connectivity index (χ0) is 21.0. The number of ether oxygens (including phenoxy) is 1. The molecule has 0 saturated carbocycles. The number of thiazole rings is 1. The number of amides is 2. The molecular weight excluding hydrogens is 398 g/mol. The van der Waals surface area contributed by atoms with Crippen molar-refractivity contribution >= 4 is 28.8 Å². The van der Waals surface area contributed by atoms with Crippen LogP contribution in [0.25, 0.3) is 0 Å². The molecule has 0 aliphatic carbocycles. The van der Waals surface area contributed by atoms with Crippen LogP contribution in [0.15, 0.2) is 48.0 Å². The smallest absolute Gasteiger partial charge is 0.234 e. The van der Waals surface area contributed by atoms with Crippen molar-refractivity contribution in [2.24, 2.45) is 11.8 Å². The van der Waals surface area contributed by atoms with Crippen molar-refractivity contribution in [3.8, 4) is 0 Å². The lowest BCUT2D eigenvalue weighted by atomic mass is 9.76. The van der Waals surface area contributed by atoms with Crippen LogP contribution in [-0.2, 0) is 20.9 Å². The van der Waals surface area contributed by atoms with Crippen molar-refractivity contribution in [2.75, 3.05) is 18.5 Å². The van der Waals surface area contributed by atoms with E-state index in [-0.39, 0.29) is 17.9 Å². The van der Waals surface area contributed by atoms with Crippen LogP contribution < -0.4 is 4.90 Å². The number of aromatic nitrogens is 1. The quantitative estimate of drug-likeness (QED) is 0.693. The van der Waals surface area contributed by atoms with Crippen LogP contribution in [-0.4, -0.2) is 47.0 Å². The zero-order valence-corrected chi connectivity index (χ0v) is 18.1. The second-order valence-corrected chi connectivity index (χ2v) is 9.67. The molecule has 2 saturated heterocycles. The average Bonchev–Trinajstić information content (AvgIpc) is 3.50. The van der Waals surface area contributed by atoms with Crippen LogP contribution in [0, 0.1) is 11.8 Å². The SMILES string of the molecule is CC(C)c1ccc(N2C[C@]34C=C[C@H](O3)C(C(=O)N(C)Cc3nccs3)C4C2=O)cc1. The number of benzene rings is 1. The Morgan fingerprint density at radius 1 is 1.37 bits per heavy atom. The Bertz CT molecular complexity index is 1000. The van der Waals surface area contributed by atoms with E-state index in [0.29, 0.717) is 19.0 Å². The van der Waals surface area contributed by atoms with Crippen LogP contribution in [0.2, 0.25) is 0 Å². The van der Waals surface area contributed by atoms with Gasteiger partial charge >= 0.3 is 0 Å². The van der Waals surface area contributed by atoms with Crippen molar-refractivity contribution in [1.82, 2.24) is 9.88 Å². The largest absolute Gasteiger partial charge is 0.360 e. The van der Waals surface area contributed by atoms with Gasteiger partial charge in [0.05, 0.1) is 31.0 Å². The van der Waals surface area contributed by atoms with Crippen molar-refractivity contribution in [2.45, 2.75) is 38.0 Å². The maximum absolute atomic E-state index is 13.5. The maximum atomic E-state index is 13.5. The summed E-state index contributed by atoms with van der Waals surface area (Å²) >= 11 is 1.52. The monoisotopic (exact) mass is 423 g/mol. The molecule has 1 aromatic heterocycles. The molecule has 4 heterocycles. The number of fused-ring (bicyclic) bond motifs is 1. The second kappa shape index (κ2) is 7.03. The van der Waals surface area contributed by atoms with Crippen LogP contribution in [0.5, 0.6) is 0 Å². The number of carbonyl (C=O) groups excluding carboxylic acids is 2. The fourth-order valence-electron chi connectivity index (χ4n) is 4.90. The third-order valence-corrected chi connectivity index (χ3v) is 7.25. The molecule has 7 heteroatoms. The third kappa shape index (κ3) is 2.91. The molecular formula is C23H25N3O3S. The summed E-state index contributed by atoms with van der Waals surface area (Å²) in [5, 5.41) is 2.78. The average molecular weight is 424 g/mol. The molecule has 30 heavy (non-hydrogen) atoms. The van der Waals surface area contributed by atoms with E-state index in [2.05, 4.69) is 31.0 Å². The number of rotatable bonds is 5. The molecule has 0 N–H and O–H groups in total. The highest BCUT2D eigenvalue weighted by Gasteiger charge is 2.67. The van der Waals surface area contributed by atoms with Gasteiger partial charge in [0, 0.05) is 24.3 Å². The Balaban J connectivity index is 1.40. The summed E-state index contributed by atoms with van der Waals surface area (Å²) in [7, 11) is 1.77. The van der Waals surface area contributed by atoms with Gasteiger partial charge in [-0.25, -0.2) is 4.98 Å². The van der Waals surface area contributed by atoms with Crippen LogP contribution >= 0.6 is 11.3 Å². The van der Waals surface area contributed by atoms with E-state index in [1.807, 2.05) is 29.7 Å². The molecule has 2 aromatic rings. The molecule has 6 nitrogen and oxygen atoms in total. The Morgan fingerprint density at radius 3 is 2.80 bits per heavy atom. The molecule has 3 aliphatic rings. The highest BCUT2D eigenvalue weighted by atomic mass is 32.1. The standard InChI is InChI=1S/C23H25N3O3S/c1-14(2)15-4-6-16(7-5-15)26-13-23-9-8-17(29-23)19(20(23)22(26)28)21(27)25(3)12-18-24-10-11-30-18/h4-11,14,17,19-20H,12-13H2,1-3H3/t17-,19?,20?,23-/m0/s1. The lowest BCUT2D eigenvalue weighted by molar-refractivity contribution is -0.139. The van der Waals surface area contributed by atoms with Crippen molar-refractivity contribution < 1.29 is 14.3 Å². The summed E-state index contributed by atoms with van der Waals surface area (Å²) < 4.78 is 6.25. The first-order chi connectivity index (χ1) is 14.4. The Morgan fingerprint density at radius 2 is 2.13 bits per heavy atom. The fraction of sp³-hybridized carbons (Fsp3) is 0.435. The van der Waals surface area contributed by atoms with Gasteiger partial charge in [-0.05, 0) is 23.6 Å². The molecule has 1 aromatic carbocycles. The maximum Gasteiger partial charge on any atom is 0.234 e. The predicted octanol–water partition coefficient (Wildman–Crippen LogP) is 3.21. The minimum absolute atomic E-state index is 0.0276.